The average molecular weight is 217 g/mol. The van der Waals surface area contributed by atoms with Crippen LogP contribution in [0.4, 0.5) is 4.39 Å². The summed E-state index contributed by atoms with van der Waals surface area (Å²) in [6, 6.07) is 7.21. The van der Waals surface area contributed by atoms with Crippen molar-refractivity contribution in [1.82, 2.24) is 14.8 Å². The van der Waals surface area contributed by atoms with E-state index in [1.54, 1.807) is 18.5 Å². The number of benzene rings is 1. The third kappa shape index (κ3) is 1.83. The van der Waals surface area contributed by atoms with Gasteiger partial charge in [-0.3, -0.25) is 0 Å². The molecule has 0 N–H and O–H groups in total. The molecule has 2 aromatic rings. The molecule has 1 aliphatic rings. The highest BCUT2D eigenvalue weighted by molar-refractivity contribution is 5.20. The Bertz CT molecular complexity index is 502. The number of aromatic nitrogens is 3. The highest BCUT2D eigenvalue weighted by Crippen LogP contribution is 2.35. The van der Waals surface area contributed by atoms with Crippen molar-refractivity contribution in [3.05, 3.63) is 47.8 Å². The van der Waals surface area contributed by atoms with Gasteiger partial charge in [-0.2, -0.15) is 0 Å². The van der Waals surface area contributed by atoms with Gasteiger partial charge in [-0.05, 0) is 30.5 Å². The van der Waals surface area contributed by atoms with Crippen LogP contribution in [0, 0.1) is 5.82 Å². The molecule has 0 amide bonds. The Kier molecular flexibility index (Phi) is 2.20. The Morgan fingerprint density at radius 1 is 1.38 bits per heavy atom. The normalized spacial score (nSPS) is 15.3. The third-order valence-electron chi connectivity index (χ3n) is 2.84. The molecule has 16 heavy (non-hydrogen) atoms. The SMILES string of the molecule is Fc1cccc(Cc2nncn2C2CC2)c1. The van der Waals surface area contributed by atoms with E-state index in [0.717, 1.165) is 11.4 Å². The summed E-state index contributed by atoms with van der Waals surface area (Å²) in [6.07, 6.45) is 4.82. The van der Waals surface area contributed by atoms with E-state index in [4.69, 9.17) is 0 Å². The molecule has 1 aromatic carbocycles. The van der Waals surface area contributed by atoms with Crippen molar-refractivity contribution in [2.75, 3.05) is 0 Å². The number of hydrogen-bond donors (Lipinski definition) is 0. The largest absolute Gasteiger partial charge is 0.314 e. The van der Waals surface area contributed by atoms with Crippen LogP contribution in [0.5, 0.6) is 0 Å². The van der Waals surface area contributed by atoms with E-state index in [1.807, 2.05) is 6.07 Å². The van der Waals surface area contributed by atoms with Gasteiger partial charge < -0.3 is 4.57 Å². The lowest BCUT2D eigenvalue weighted by Crippen LogP contribution is -2.01. The third-order valence-corrected chi connectivity index (χ3v) is 2.84. The van der Waals surface area contributed by atoms with Gasteiger partial charge in [0.15, 0.2) is 0 Å². The van der Waals surface area contributed by atoms with Crippen LogP contribution in [0.15, 0.2) is 30.6 Å². The van der Waals surface area contributed by atoms with Crippen molar-refractivity contribution in [3.63, 3.8) is 0 Å². The highest BCUT2D eigenvalue weighted by Gasteiger charge is 2.25. The Balaban J connectivity index is 1.85. The van der Waals surface area contributed by atoms with Gasteiger partial charge in [0.25, 0.3) is 0 Å². The molecule has 0 unspecified atom stereocenters. The Hall–Kier alpha value is -1.71. The zero-order chi connectivity index (χ0) is 11.0. The fourth-order valence-corrected chi connectivity index (χ4v) is 1.88. The second kappa shape index (κ2) is 3.70. The first-order chi connectivity index (χ1) is 7.83. The van der Waals surface area contributed by atoms with Crippen LogP contribution in [0.25, 0.3) is 0 Å². The molecule has 3 rings (SSSR count). The van der Waals surface area contributed by atoms with E-state index in [-0.39, 0.29) is 5.82 Å². The van der Waals surface area contributed by atoms with Crippen molar-refractivity contribution in [2.24, 2.45) is 0 Å². The van der Waals surface area contributed by atoms with Crippen molar-refractivity contribution in [1.29, 1.82) is 0 Å². The minimum absolute atomic E-state index is 0.199. The minimum atomic E-state index is -0.199. The van der Waals surface area contributed by atoms with Crippen LogP contribution in [0.3, 0.4) is 0 Å². The summed E-state index contributed by atoms with van der Waals surface area (Å²) in [4.78, 5) is 0. The van der Waals surface area contributed by atoms with Crippen molar-refractivity contribution in [3.8, 4) is 0 Å². The van der Waals surface area contributed by atoms with Crippen molar-refractivity contribution < 1.29 is 4.39 Å². The molecule has 4 heteroatoms. The van der Waals surface area contributed by atoms with Gasteiger partial charge >= 0.3 is 0 Å². The number of hydrogen-bond acceptors (Lipinski definition) is 2. The van der Waals surface area contributed by atoms with Gasteiger partial charge in [-0.15, -0.1) is 10.2 Å². The topological polar surface area (TPSA) is 30.7 Å². The summed E-state index contributed by atoms with van der Waals surface area (Å²) in [5.74, 6) is 0.725. The van der Waals surface area contributed by atoms with Crippen molar-refractivity contribution >= 4 is 0 Å². The van der Waals surface area contributed by atoms with Crippen LogP contribution in [0.2, 0.25) is 0 Å². The minimum Gasteiger partial charge on any atom is -0.314 e. The fourth-order valence-electron chi connectivity index (χ4n) is 1.88. The molecule has 0 saturated heterocycles. The van der Waals surface area contributed by atoms with Crippen molar-refractivity contribution in [2.45, 2.75) is 25.3 Å². The Morgan fingerprint density at radius 3 is 3.00 bits per heavy atom. The Morgan fingerprint density at radius 2 is 2.25 bits per heavy atom. The molecular weight excluding hydrogens is 205 g/mol. The quantitative estimate of drug-likeness (QED) is 0.790. The maximum atomic E-state index is 13.0. The Labute approximate surface area is 92.9 Å². The van der Waals surface area contributed by atoms with Gasteiger partial charge in [0.1, 0.15) is 18.0 Å². The van der Waals surface area contributed by atoms with E-state index < -0.39 is 0 Å². The zero-order valence-corrected chi connectivity index (χ0v) is 8.81. The predicted molar refractivity (Wildman–Crippen MR) is 57.5 cm³/mol. The number of nitrogens with zero attached hydrogens (tertiary/aromatic N) is 3. The summed E-state index contributed by atoms with van der Waals surface area (Å²) in [7, 11) is 0. The lowest BCUT2D eigenvalue weighted by atomic mass is 10.1. The molecular formula is C12H12FN3. The number of halogens is 1. The fraction of sp³-hybridized carbons (Fsp3) is 0.333. The maximum Gasteiger partial charge on any atom is 0.137 e. The molecule has 0 spiro atoms. The summed E-state index contributed by atoms with van der Waals surface area (Å²) in [5, 5.41) is 8.01. The second-order valence-corrected chi connectivity index (χ2v) is 4.19. The standard InChI is InChI=1S/C12H12FN3/c13-10-3-1-2-9(6-10)7-12-15-14-8-16(12)11-4-5-11/h1-3,6,8,11H,4-5,7H2. The molecule has 1 aromatic heterocycles. The predicted octanol–water partition coefficient (Wildman–Crippen LogP) is 2.34. The van der Waals surface area contributed by atoms with Crippen LogP contribution in [0.1, 0.15) is 30.3 Å². The molecule has 1 fully saturated rings. The molecule has 0 aliphatic heterocycles. The molecule has 1 saturated carbocycles. The van der Waals surface area contributed by atoms with Crippen LogP contribution < -0.4 is 0 Å². The van der Waals surface area contributed by atoms with Crippen LogP contribution in [-0.4, -0.2) is 14.8 Å². The van der Waals surface area contributed by atoms with Gasteiger partial charge in [-0.25, -0.2) is 4.39 Å². The maximum absolute atomic E-state index is 13.0. The zero-order valence-electron chi connectivity index (χ0n) is 8.81. The number of rotatable bonds is 3. The molecule has 0 atom stereocenters. The smallest absolute Gasteiger partial charge is 0.137 e. The lowest BCUT2D eigenvalue weighted by molar-refractivity contribution is 0.624. The highest BCUT2D eigenvalue weighted by atomic mass is 19.1. The van der Waals surface area contributed by atoms with E-state index in [0.29, 0.717) is 12.5 Å². The van der Waals surface area contributed by atoms with Gasteiger partial charge in [0, 0.05) is 12.5 Å². The summed E-state index contributed by atoms with van der Waals surface area (Å²) in [5.41, 5.74) is 0.940. The molecule has 1 aliphatic carbocycles. The average Bonchev–Trinajstić information content (AvgIpc) is 3.00. The second-order valence-electron chi connectivity index (χ2n) is 4.19. The van der Waals surface area contributed by atoms with Gasteiger partial charge in [-0.1, -0.05) is 12.1 Å². The monoisotopic (exact) mass is 217 g/mol. The lowest BCUT2D eigenvalue weighted by Gasteiger charge is -2.04. The van der Waals surface area contributed by atoms with E-state index in [2.05, 4.69) is 14.8 Å². The van der Waals surface area contributed by atoms with E-state index in [9.17, 15) is 4.39 Å². The summed E-state index contributed by atoms with van der Waals surface area (Å²) >= 11 is 0. The molecule has 1 heterocycles. The van der Waals surface area contributed by atoms with E-state index >= 15 is 0 Å². The first-order valence-electron chi connectivity index (χ1n) is 5.46. The summed E-state index contributed by atoms with van der Waals surface area (Å²) < 4.78 is 15.1. The first-order valence-corrected chi connectivity index (χ1v) is 5.46. The van der Waals surface area contributed by atoms with Crippen LogP contribution >= 0.6 is 0 Å². The molecule has 0 radical (unpaired) electrons. The van der Waals surface area contributed by atoms with Gasteiger partial charge in [0.2, 0.25) is 0 Å². The molecule has 0 bridgehead atoms. The molecule has 3 nitrogen and oxygen atoms in total. The first kappa shape index (κ1) is 9.51. The van der Waals surface area contributed by atoms with Crippen LogP contribution in [-0.2, 0) is 6.42 Å². The summed E-state index contributed by atoms with van der Waals surface area (Å²) in [6.45, 7) is 0. The van der Waals surface area contributed by atoms with Gasteiger partial charge in [0.05, 0.1) is 0 Å². The molecule has 82 valence electrons. The van der Waals surface area contributed by atoms with E-state index in [1.165, 1.54) is 18.9 Å².